The Labute approximate surface area is 457 Å². The van der Waals surface area contributed by atoms with E-state index in [-0.39, 0.29) is 54.7 Å². The maximum Gasteiger partial charge on any atom is 0.343 e. The predicted molar refractivity (Wildman–Crippen MR) is 281 cm³/mol. The first-order chi connectivity index (χ1) is 38.3. The third kappa shape index (κ3) is 12.2. The van der Waals surface area contributed by atoms with Gasteiger partial charge in [-0.1, -0.05) is 49.1 Å². The van der Waals surface area contributed by atoms with Gasteiger partial charge in [0.25, 0.3) is 5.56 Å². The van der Waals surface area contributed by atoms with Gasteiger partial charge in [0.2, 0.25) is 50.4 Å². The highest BCUT2D eigenvalue weighted by atomic mass is 32.2. The quantitative estimate of drug-likeness (QED) is 0.0168. The third-order valence-electron chi connectivity index (χ3n) is 14.6. The molecule has 25 heteroatoms. The summed E-state index contributed by atoms with van der Waals surface area (Å²) < 4.78 is 50.8. The van der Waals surface area contributed by atoms with Crippen molar-refractivity contribution in [2.75, 3.05) is 39.2 Å². The van der Waals surface area contributed by atoms with E-state index in [1.807, 2.05) is 0 Å². The van der Waals surface area contributed by atoms with Crippen LogP contribution in [0.5, 0.6) is 0 Å². The van der Waals surface area contributed by atoms with Crippen LogP contribution in [0.1, 0.15) is 90.0 Å². The van der Waals surface area contributed by atoms with Crippen LogP contribution in [0.2, 0.25) is 0 Å². The van der Waals surface area contributed by atoms with Crippen molar-refractivity contribution in [2.45, 2.75) is 101 Å². The van der Waals surface area contributed by atoms with Crippen LogP contribution in [0.15, 0.2) is 64.8 Å². The zero-order valence-corrected chi connectivity index (χ0v) is 44.5. The van der Waals surface area contributed by atoms with Crippen molar-refractivity contribution in [3.8, 4) is 23.2 Å². The van der Waals surface area contributed by atoms with E-state index >= 15 is 4.39 Å². The largest absolute Gasteiger partial charge is 0.458 e. The molecule has 3 aromatic heterocycles. The number of nitrogens with one attached hydrogen (secondary N) is 6. The number of hydrogen-bond acceptors (Lipinski definition) is 16. The Kier molecular flexibility index (Phi) is 16.5. The fourth-order valence-corrected chi connectivity index (χ4v) is 10.6. The number of pyridine rings is 2. The molecule has 0 bridgehead atoms. The lowest BCUT2D eigenvalue weighted by Crippen LogP contribution is -2.52. The number of amides is 6. The normalized spacial score (nSPS) is 16.5. The summed E-state index contributed by atoms with van der Waals surface area (Å²) in [6.45, 7) is -1.13. The monoisotopic (exact) mass is 1120 g/mol. The number of halogens is 1. The van der Waals surface area contributed by atoms with Crippen molar-refractivity contribution in [2.24, 2.45) is 5.41 Å². The lowest BCUT2D eigenvalue weighted by atomic mass is 9.86. The van der Waals surface area contributed by atoms with Gasteiger partial charge in [-0.15, -0.1) is 0 Å². The molecule has 2 aliphatic heterocycles. The van der Waals surface area contributed by atoms with Crippen LogP contribution in [-0.2, 0) is 97.4 Å². The second kappa shape index (κ2) is 23.5. The molecule has 9 rings (SSSR count). The SMILES string of the molecule is CC[C@@]1(O)C(=O)OCc2c1cc1n(c2=O)Cc2c-1nc1cc(F)c3c(c1c2CNC(=O)COCNC(=O)CNC(=O)[C@H](Cc1ccccc1)NC(=O)CNC(=O)CNC(=O)C1(CCC#Cc2cnc(S(C)(=O)=O)nc2)CC1)CCC3. The van der Waals surface area contributed by atoms with Crippen LogP contribution in [0.3, 0.4) is 0 Å². The number of carbonyl (C=O) groups excluding carboxylic acids is 7. The predicted octanol–water partition coefficient (Wildman–Crippen LogP) is 0.296. The molecule has 0 radical (unpaired) electrons. The number of aliphatic hydroxyl groups is 1. The molecule has 23 nitrogen and oxygen atoms in total. The standard InChI is InChI=1S/C55H57FN10O13S/c1-3-55(75)38-19-42-48-36(27-66(42)50(72)37(38)28-79-52(55)74)35(47-34-14-9-13-33(34)39(56)20-40(47)65-48)23-57-46(70)29-78-30-63-44(68)24-59-49(71)41(18-31-10-5-4-6-11-31)64-45(69)26-58-43(67)25-60-51(73)54(16-17-54)15-8-7-12-32-21-61-53(62-22-32)80(2,76)77/h4-6,10-11,19-22,41,75H,3,8-9,13-18,23-30H2,1-2H3,(H,57,70)(H,58,67)(H,59,71)(H,60,73)(H,63,68)(H,64,69)/t41-,55-/m0/s1. The molecular formula is C55H57FN10O13S. The molecule has 418 valence electrons. The Bertz CT molecular complexity index is 3600. The van der Waals surface area contributed by atoms with E-state index in [1.165, 1.54) is 23.0 Å². The Balaban J connectivity index is 0.736. The van der Waals surface area contributed by atoms with E-state index < -0.39 is 107 Å². The van der Waals surface area contributed by atoms with Crippen molar-refractivity contribution in [1.82, 2.24) is 51.4 Å². The van der Waals surface area contributed by atoms with Crippen LogP contribution in [0, 0.1) is 23.1 Å². The average Bonchev–Trinajstić information content (AvgIpc) is 3.95. The number of benzene rings is 2. The first-order valence-corrected chi connectivity index (χ1v) is 27.8. The fourth-order valence-electron chi connectivity index (χ4n) is 10.2. The molecule has 0 saturated heterocycles. The van der Waals surface area contributed by atoms with E-state index in [4.69, 9.17) is 14.5 Å². The molecule has 5 aromatic rings. The zero-order chi connectivity index (χ0) is 56.9. The van der Waals surface area contributed by atoms with Crippen molar-refractivity contribution in [3.63, 3.8) is 0 Å². The van der Waals surface area contributed by atoms with E-state index in [9.17, 15) is 51.9 Å². The number of ether oxygens (including phenoxy) is 2. The van der Waals surface area contributed by atoms with E-state index in [2.05, 4.69) is 53.7 Å². The van der Waals surface area contributed by atoms with Gasteiger partial charge >= 0.3 is 5.97 Å². The minimum atomic E-state index is -3.55. The second-order valence-electron chi connectivity index (χ2n) is 20.0. The number of aromatic nitrogens is 4. The number of sulfone groups is 1. The molecule has 80 heavy (non-hydrogen) atoms. The Morgan fingerprint density at radius 2 is 1.60 bits per heavy atom. The minimum Gasteiger partial charge on any atom is -0.458 e. The van der Waals surface area contributed by atoms with Crippen molar-refractivity contribution >= 4 is 62.2 Å². The molecule has 2 aliphatic carbocycles. The van der Waals surface area contributed by atoms with E-state index in [0.717, 1.165) is 11.8 Å². The Morgan fingerprint density at radius 3 is 2.33 bits per heavy atom. The van der Waals surface area contributed by atoms with Crippen molar-refractivity contribution in [1.29, 1.82) is 0 Å². The first kappa shape index (κ1) is 56.3. The number of carbonyl (C=O) groups is 7. The van der Waals surface area contributed by atoms with E-state index in [1.54, 1.807) is 43.3 Å². The summed E-state index contributed by atoms with van der Waals surface area (Å²) in [7, 11) is -3.55. The number of hydrogen-bond donors (Lipinski definition) is 7. The first-order valence-electron chi connectivity index (χ1n) is 25.9. The van der Waals surface area contributed by atoms with Crippen LogP contribution in [0.25, 0.3) is 22.3 Å². The topological polar surface area (TPSA) is 325 Å². The Hall–Kier alpha value is -8.47. The van der Waals surface area contributed by atoms with Gasteiger partial charge < -0.3 is 51.0 Å². The molecule has 6 amide bonds. The zero-order valence-electron chi connectivity index (χ0n) is 43.7. The second-order valence-corrected chi connectivity index (χ2v) is 22.0. The molecular weight excluding hydrogens is 1060 g/mol. The highest BCUT2D eigenvalue weighted by molar-refractivity contribution is 7.90. The minimum absolute atomic E-state index is 0.0314. The van der Waals surface area contributed by atoms with Crippen molar-refractivity contribution in [3.05, 3.63) is 116 Å². The Morgan fingerprint density at radius 1 is 0.887 bits per heavy atom. The van der Waals surface area contributed by atoms with Gasteiger partial charge in [0.1, 0.15) is 31.8 Å². The maximum atomic E-state index is 15.5. The van der Waals surface area contributed by atoms with Crippen LogP contribution in [-0.4, -0.2) is 120 Å². The maximum absolute atomic E-state index is 15.5. The molecule has 2 aromatic carbocycles. The van der Waals surface area contributed by atoms with Gasteiger partial charge in [-0.25, -0.2) is 32.6 Å². The molecule has 2 atom stereocenters. The lowest BCUT2D eigenvalue weighted by Gasteiger charge is -2.31. The molecule has 1 fully saturated rings. The number of cyclic esters (lactones) is 1. The van der Waals surface area contributed by atoms with Crippen LogP contribution < -0.4 is 37.5 Å². The number of fused-ring (bicyclic) bond motifs is 7. The summed E-state index contributed by atoms with van der Waals surface area (Å²) in [6.07, 6.45) is 7.35. The molecule has 0 spiro atoms. The third-order valence-corrected chi connectivity index (χ3v) is 15.5. The van der Waals surface area contributed by atoms with Crippen molar-refractivity contribution < 1.29 is 61.0 Å². The number of aryl methyl sites for hydroxylation is 1. The van der Waals surface area contributed by atoms with Gasteiger partial charge in [-0.3, -0.25) is 33.6 Å². The lowest BCUT2D eigenvalue weighted by molar-refractivity contribution is -0.172. The molecule has 4 aliphatic rings. The van der Waals surface area contributed by atoms with Gasteiger partial charge in [-0.2, -0.15) is 0 Å². The highest BCUT2D eigenvalue weighted by Crippen LogP contribution is 2.50. The number of nitrogens with zero attached hydrogens (tertiary/aromatic N) is 4. The number of esters is 1. The van der Waals surface area contributed by atoms with Gasteiger partial charge in [-0.05, 0) is 73.3 Å². The number of rotatable bonds is 21. The summed E-state index contributed by atoms with van der Waals surface area (Å²) in [6, 6.07) is 10.5. The van der Waals surface area contributed by atoms with Gasteiger partial charge in [0.15, 0.2) is 5.60 Å². The van der Waals surface area contributed by atoms with Crippen LogP contribution in [0.4, 0.5) is 4.39 Å². The summed E-state index contributed by atoms with van der Waals surface area (Å²) in [5.74, 6) is 0.815. The summed E-state index contributed by atoms with van der Waals surface area (Å²) in [5.41, 5.74) is 1.67. The van der Waals surface area contributed by atoms with E-state index in [0.29, 0.717) is 95.1 Å². The molecule has 0 unspecified atom stereocenters. The molecule has 1 saturated carbocycles. The molecule has 5 heterocycles. The van der Waals surface area contributed by atoms with Gasteiger partial charge in [0, 0.05) is 60.6 Å². The summed E-state index contributed by atoms with van der Waals surface area (Å²) in [5, 5.41) is 27.1. The summed E-state index contributed by atoms with van der Waals surface area (Å²) >= 11 is 0. The fraction of sp³-hybridized carbons (Fsp3) is 0.400. The molecule has 7 N–H and O–H groups in total. The van der Waals surface area contributed by atoms with Crippen LogP contribution >= 0.6 is 0 Å². The summed E-state index contributed by atoms with van der Waals surface area (Å²) in [4.78, 5) is 117. The smallest absolute Gasteiger partial charge is 0.343 e. The van der Waals surface area contributed by atoms with Gasteiger partial charge in [0.05, 0.1) is 59.6 Å². The average molecular weight is 1120 g/mol. The highest BCUT2D eigenvalue weighted by Gasteiger charge is 2.49.